The van der Waals surface area contributed by atoms with Gasteiger partial charge in [0.15, 0.2) is 0 Å². The highest BCUT2D eigenvalue weighted by atomic mass is 79.9. The summed E-state index contributed by atoms with van der Waals surface area (Å²) in [5.74, 6) is 1.09. The summed E-state index contributed by atoms with van der Waals surface area (Å²) in [6.45, 7) is 4.10. The Morgan fingerprint density at radius 1 is 1.18 bits per heavy atom. The van der Waals surface area contributed by atoms with Gasteiger partial charge >= 0.3 is 0 Å². The average Bonchev–Trinajstić information content (AvgIpc) is 2.39. The van der Waals surface area contributed by atoms with Crippen LogP contribution in [0.2, 0.25) is 0 Å². The monoisotopic (exact) mass is 291 g/mol. The lowest BCUT2D eigenvalue weighted by Crippen LogP contribution is -2.44. The maximum atomic E-state index is 4.64. The lowest BCUT2D eigenvalue weighted by atomic mass is 10.1. The highest BCUT2D eigenvalue weighted by Gasteiger charge is 2.15. The SMILES string of the molecule is Brc1cc2ccccc2c(N2CCNCC2)n1. The summed E-state index contributed by atoms with van der Waals surface area (Å²) in [5.41, 5.74) is 0. The number of anilines is 1. The minimum atomic E-state index is 0.907. The van der Waals surface area contributed by atoms with Gasteiger partial charge in [-0.2, -0.15) is 0 Å². The molecule has 0 saturated carbocycles. The van der Waals surface area contributed by atoms with Gasteiger partial charge < -0.3 is 10.2 Å². The van der Waals surface area contributed by atoms with Crippen LogP contribution in [0.1, 0.15) is 0 Å². The quantitative estimate of drug-likeness (QED) is 0.818. The number of pyridine rings is 1. The molecule has 0 unspecified atom stereocenters. The molecular formula is C13H14BrN3. The van der Waals surface area contributed by atoms with Crippen LogP contribution in [0, 0.1) is 0 Å². The van der Waals surface area contributed by atoms with Crippen molar-refractivity contribution in [3.8, 4) is 0 Å². The fraction of sp³-hybridized carbons (Fsp3) is 0.308. The van der Waals surface area contributed by atoms with Crippen molar-refractivity contribution in [1.29, 1.82) is 0 Å². The van der Waals surface area contributed by atoms with Crippen molar-refractivity contribution >= 4 is 32.5 Å². The molecular weight excluding hydrogens is 278 g/mol. The first-order chi connectivity index (χ1) is 8.34. The fourth-order valence-electron chi connectivity index (χ4n) is 2.27. The van der Waals surface area contributed by atoms with Crippen molar-refractivity contribution < 1.29 is 0 Å². The molecule has 1 saturated heterocycles. The molecule has 88 valence electrons. The first-order valence-corrected chi connectivity index (χ1v) is 6.65. The molecule has 2 aromatic rings. The van der Waals surface area contributed by atoms with Gasteiger partial charge in [0.05, 0.1) is 0 Å². The first-order valence-electron chi connectivity index (χ1n) is 5.85. The van der Waals surface area contributed by atoms with Crippen LogP contribution in [0.5, 0.6) is 0 Å². The molecule has 1 N–H and O–H groups in total. The van der Waals surface area contributed by atoms with E-state index < -0.39 is 0 Å². The Morgan fingerprint density at radius 3 is 2.76 bits per heavy atom. The zero-order valence-corrected chi connectivity index (χ0v) is 11.1. The standard InChI is InChI=1S/C13H14BrN3/c14-12-9-10-3-1-2-4-11(10)13(16-12)17-7-5-15-6-8-17/h1-4,9,15H,5-8H2. The number of benzene rings is 1. The van der Waals surface area contributed by atoms with Crippen LogP contribution in [-0.4, -0.2) is 31.2 Å². The molecule has 0 radical (unpaired) electrons. The molecule has 0 bridgehead atoms. The van der Waals surface area contributed by atoms with E-state index in [1.54, 1.807) is 0 Å². The molecule has 0 amide bonds. The van der Waals surface area contributed by atoms with Crippen LogP contribution in [-0.2, 0) is 0 Å². The van der Waals surface area contributed by atoms with Gasteiger partial charge in [-0.1, -0.05) is 24.3 Å². The van der Waals surface area contributed by atoms with E-state index in [0.717, 1.165) is 36.6 Å². The second-order valence-corrected chi connectivity index (χ2v) is 5.04. The van der Waals surface area contributed by atoms with Crippen molar-refractivity contribution in [2.75, 3.05) is 31.1 Å². The van der Waals surface area contributed by atoms with Gasteiger partial charge in [0.1, 0.15) is 10.4 Å². The van der Waals surface area contributed by atoms with E-state index in [1.807, 2.05) is 0 Å². The Balaban J connectivity index is 2.13. The minimum absolute atomic E-state index is 0.907. The number of halogens is 1. The van der Waals surface area contributed by atoms with Crippen LogP contribution >= 0.6 is 15.9 Å². The van der Waals surface area contributed by atoms with Crippen LogP contribution in [0.15, 0.2) is 34.9 Å². The smallest absolute Gasteiger partial charge is 0.137 e. The summed E-state index contributed by atoms with van der Waals surface area (Å²) >= 11 is 3.50. The van der Waals surface area contributed by atoms with Gasteiger partial charge in [0.25, 0.3) is 0 Å². The van der Waals surface area contributed by atoms with Gasteiger partial charge in [-0.3, -0.25) is 0 Å². The fourth-order valence-corrected chi connectivity index (χ4v) is 2.68. The second kappa shape index (κ2) is 4.63. The third kappa shape index (κ3) is 2.15. The number of aromatic nitrogens is 1. The summed E-state index contributed by atoms with van der Waals surface area (Å²) in [4.78, 5) is 6.99. The van der Waals surface area contributed by atoms with E-state index in [1.165, 1.54) is 10.8 Å². The molecule has 3 nitrogen and oxygen atoms in total. The third-order valence-corrected chi connectivity index (χ3v) is 3.51. The summed E-state index contributed by atoms with van der Waals surface area (Å²) in [6.07, 6.45) is 0. The largest absolute Gasteiger partial charge is 0.354 e. The Labute approximate surface area is 109 Å². The van der Waals surface area contributed by atoms with Gasteiger partial charge in [-0.05, 0) is 27.4 Å². The van der Waals surface area contributed by atoms with Crippen molar-refractivity contribution in [2.45, 2.75) is 0 Å². The second-order valence-electron chi connectivity index (χ2n) is 4.23. The molecule has 1 aliphatic rings. The van der Waals surface area contributed by atoms with E-state index in [4.69, 9.17) is 0 Å². The van der Waals surface area contributed by atoms with E-state index >= 15 is 0 Å². The zero-order chi connectivity index (χ0) is 11.7. The molecule has 2 heterocycles. The van der Waals surface area contributed by atoms with Gasteiger partial charge in [0, 0.05) is 31.6 Å². The maximum absolute atomic E-state index is 4.64. The third-order valence-electron chi connectivity index (χ3n) is 3.11. The number of piperazine rings is 1. The van der Waals surface area contributed by atoms with Crippen molar-refractivity contribution in [3.05, 3.63) is 34.9 Å². The van der Waals surface area contributed by atoms with Crippen molar-refractivity contribution in [1.82, 2.24) is 10.3 Å². The molecule has 17 heavy (non-hydrogen) atoms. The number of nitrogens with zero attached hydrogens (tertiary/aromatic N) is 2. The summed E-state index contributed by atoms with van der Waals surface area (Å²) < 4.78 is 0.907. The lowest BCUT2D eigenvalue weighted by Gasteiger charge is -2.29. The van der Waals surface area contributed by atoms with Crippen molar-refractivity contribution in [3.63, 3.8) is 0 Å². The Morgan fingerprint density at radius 2 is 1.94 bits per heavy atom. The summed E-state index contributed by atoms with van der Waals surface area (Å²) in [6, 6.07) is 10.5. The van der Waals surface area contributed by atoms with Crippen LogP contribution in [0.25, 0.3) is 10.8 Å². The number of hydrogen-bond acceptors (Lipinski definition) is 3. The molecule has 3 rings (SSSR count). The molecule has 0 aliphatic carbocycles. The molecule has 0 spiro atoms. The van der Waals surface area contributed by atoms with Gasteiger partial charge in [-0.15, -0.1) is 0 Å². The normalized spacial score (nSPS) is 16.4. The van der Waals surface area contributed by atoms with E-state index in [-0.39, 0.29) is 0 Å². The van der Waals surface area contributed by atoms with Crippen LogP contribution in [0.4, 0.5) is 5.82 Å². The van der Waals surface area contributed by atoms with Crippen molar-refractivity contribution in [2.24, 2.45) is 0 Å². The predicted octanol–water partition coefficient (Wildman–Crippen LogP) is 2.41. The van der Waals surface area contributed by atoms with Gasteiger partial charge in [-0.25, -0.2) is 4.98 Å². The molecule has 1 fully saturated rings. The molecule has 4 heteroatoms. The molecule has 1 aromatic carbocycles. The van der Waals surface area contributed by atoms with Crippen LogP contribution in [0.3, 0.4) is 0 Å². The highest BCUT2D eigenvalue weighted by molar-refractivity contribution is 9.10. The number of hydrogen-bond donors (Lipinski definition) is 1. The van der Waals surface area contributed by atoms with Crippen LogP contribution < -0.4 is 10.2 Å². The van der Waals surface area contributed by atoms with E-state index in [0.29, 0.717) is 0 Å². The number of fused-ring (bicyclic) bond motifs is 1. The summed E-state index contributed by atoms with van der Waals surface area (Å²) in [7, 11) is 0. The summed E-state index contributed by atoms with van der Waals surface area (Å²) in [5, 5.41) is 5.84. The van der Waals surface area contributed by atoms with Gasteiger partial charge in [0.2, 0.25) is 0 Å². The van der Waals surface area contributed by atoms with E-state index in [9.17, 15) is 0 Å². The zero-order valence-electron chi connectivity index (χ0n) is 9.49. The number of nitrogens with one attached hydrogen (secondary N) is 1. The minimum Gasteiger partial charge on any atom is -0.354 e. The topological polar surface area (TPSA) is 28.2 Å². The Bertz CT molecular complexity index is 535. The Hall–Kier alpha value is -1.13. The highest BCUT2D eigenvalue weighted by Crippen LogP contribution is 2.27. The Kier molecular flexibility index (Phi) is 2.99. The van der Waals surface area contributed by atoms with E-state index in [2.05, 4.69) is 61.5 Å². The molecule has 1 aliphatic heterocycles. The number of rotatable bonds is 1. The predicted molar refractivity (Wildman–Crippen MR) is 74.5 cm³/mol. The maximum Gasteiger partial charge on any atom is 0.137 e. The molecule has 1 aromatic heterocycles. The molecule has 0 atom stereocenters. The lowest BCUT2D eigenvalue weighted by molar-refractivity contribution is 0.586. The first kappa shape index (κ1) is 11.0. The average molecular weight is 292 g/mol.